The molecule has 2 aliphatic heterocycles. The van der Waals surface area contributed by atoms with Gasteiger partial charge in [-0.05, 0) is 49.2 Å². The van der Waals surface area contributed by atoms with E-state index in [1.54, 1.807) is 42.0 Å². The number of anilines is 2. The molecule has 0 aliphatic carbocycles. The van der Waals surface area contributed by atoms with Gasteiger partial charge in [-0.1, -0.05) is 24.3 Å². The molecule has 0 radical (unpaired) electrons. The number of aromatic nitrogens is 8. The van der Waals surface area contributed by atoms with Crippen molar-refractivity contribution in [1.29, 1.82) is 0 Å². The van der Waals surface area contributed by atoms with Gasteiger partial charge in [0.05, 0.1) is 29.7 Å². The molecule has 74 heavy (non-hydrogen) atoms. The van der Waals surface area contributed by atoms with Crippen LogP contribution in [0.5, 0.6) is 28.7 Å². The van der Waals surface area contributed by atoms with Crippen LogP contribution >= 0.6 is 0 Å². The summed E-state index contributed by atoms with van der Waals surface area (Å²) in [6.07, 6.45) is 11.7. The van der Waals surface area contributed by atoms with E-state index in [0.717, 1.165) is 73.1 Å². The number of nitrogens with zero attached hydrogens (tertiary/aromatic N) is 12. The molecular weight excluding hydrogens is 955 g/mol. The zero-order chi connectivity index (χ0) is 52.4. The van der Waals surface area contributed by atoms with Crippen molar-refractivity contribution in [3.05, 3.63) is 155 Å². The maximum absolute atomic E-state index is 12.7. The van der Waals surface area contributed by atoms with Gasteiger partial charge in [0.1, 0.15) is 29.9 Å². The van der Waals surface area contributed by atoms with Crippen molar-refractivity contribution in [3.8, 4) is 28.7 Å². The van der Waals surface area contributed by atoms with Crippen molar-refractivity contribution in [2.75, 3.05) is 63.0 Å². The zero-order valence-electron chi connectivity index (χ0n) is 41.2. The van der Waals surface area contributed by atoms with Crippen LogP contribution in [0.3, 0.4) is 0 Å². The SMILES string of the molecule is CC(=O)Nc1ccn(C(=O)N2CCN(Cc3ccc(C)cc3Oc3cncnc3)CC2)n1.CC(=O)Nc1ccn(C(=O)Oc2ccc([N+](=O)[O-])cc2)n1.Cc1ccc(CN2CCNCC2)c(Oc2cncnc2)c1. The summed E-state index contributed by atoms with van der Waals surface area (Å²) in [7, 11) is 0. The molecule has 6 heterocycles. The first-order chi connectivity index (χ1) is 35.7. The highest BCUT2D eigenvalue weighted by molar-refractivity contribution is 5.88. The molecule has 384 valence electrons. The predicted molar refractivity (Wildman–Crippen MR) is 270 cm³/mol. The molecule has 7 aromatic rings. The van der Waals surface area contributed by atoms with Gasteiger partial charge in [0.2, 0.25) is 11.8 Å². The molecular formula is C50H55N15O9. The lowest BCUT2D eigenvalue weighted by Crippen LogP contribution is -2.49. The second-order valence-corrected chi connectivity index (χ2v) is 16.9. The van der Waals surface area contributed by atoms with Gasteiger partial charge < -0.3 is 35.1 Å². The highest BCUT2D eigenvalue weighted by atomic mass is 16.6. The van der Waals surface area contributed by atoms with Crippen LogP contribution in [0.2, 0.25) is 0 Å². The highest BCUT2D eigenvalue weighted by Gasteiger charge is 2.24. The Kier molecular flexibility index (Phi) is 18.5. The maximum atomic E-state index is 12.7. The summed E-state index contributed by atoms with van der Waals surface area (Å²) in [6, 6.07) is 20.4. The van der Waals surface area contributed by atoms with Crippen LogP contribution in [0.1, 0.15) is 36.1 Å². The number of nitro benzene ring substituents is 1. The highest BCUT2D eigenvalue weighted by Crippen LogP contribution is 2.29. The number of hydrogen-bond donors (Lipinski definition) is 3. The van der Waals surface area contributed by atoms with Crippen molar-refractivity contribution < 1.29 is 38.3 Å². The third-order valence-corrected chi connectivity index (χ3v) is 11.0. The van der Waals surface area contributed by atoms with Crippen molar-refractivity contribution in [1.82, 2.24) is 59.5 Å². The van der Waals surface area contributed by atoms with E-state index in [4.69, 9.17) is 14.2 Å². The number of ether oxygens (including phenoxy) is 3. The zero-order valence-corrected chi connectivity index (χ0v) is 41.2. The third kappa shape index (κ3) is 16.0. The molecule has 3 amide bonds. The Balaban J connectivity index is 0.000000168. The van der Waals surface area contributed by atoms with Gasteiger partial charge in [-0.3, -0.25) is 29.5 Å². The summed E-state index contributed by atoms with van der Waals surface area (Å²) < 4.78 is 19.1. The number of nitrogens with one attached hydrogen (secondary N) is 3. The van der Waals surface area contributed by atoms with Gasteiger partial charge in [0, 0.05) is 127 Å². The third-order valence-electron chi connectivity index (χ3n) is 11.0. The Labute approximate surface area is 425 Å². The van der Waals surface area contributed by atoms with Gasteiger partial charge in [0.25, 0.3) is 5.69 Å². The van der Waals surface area contributed by atoms with E-state index in [1.807, 2.05) is 13.0 Å². The topological polar surface area (TPSA) is 272 Å². The summed E-state index contributed by atoms with van der Waals surface area (Å²) in [4.78, 5) is 78.9. The number of hydrogen-bond acceptors (Lipinski definition) is 18. The molecule has 0 bridgehead atoms. The minimum atomic E-state index is -0.805. The molecule has 4 aromatic heterocycles. The molecule has 24 nitrogen and oxygen atoms in total. The molecule has 0 spiro atoms. The van der Waals surface area contributed by atoms with Gasteiger partial charge in [0.15, 0.2) is 23.1 Å². The first-order valence-corrected chi connectivity index (χ1v) is 23.4. The summed E-state index contributed by atoms with van der Waals surface area (Å²) in [6.45, 7) is 15.3. The predicted octanol–water partition coefficient (Wildman–Crippen LogP) is 6.30. The van der Waals surface area contributed by atoms with E-state index < -0.39 is 11.0 Å². The molecule has 3 aromatic carbocycles. The number of carbonyl (C=O) groups excluding carboxylic acids is 4. The first kappa shape index (κ1) is 52.8. The van der Waals surface area contributed by atoms with Crippen LogP contribution in [0.4, 0.5) is 26.9 Å². The van der Waals surface area contributed by atoms with E-state index in [-0.39, 0.29) is 35.1 Å². The lowest BCUT2D eigenvalue weighted by atomic mass is 10.1. The van der Waals surface area contributed by atoms with Gasteiger partial charge in [-0.25, -0.2) is 29.5 Å². The number of nitro groups is 1. The van der Waals surface area contributed by atoms with Crippen LogP contribution in [0, 0.1) is 24.0 Å². The second-order valence-electron chi connectivity index (χ2n) is 16.9. The molecule has 2 aliphatic rings. The van der Waals surface area contributed by atoms with Crippen LogP contribution in [0.25, 0.3) is 0 Å². The van der Waals surface area contributed by atoms with E-state index in [9.17, 15) is 29.3 Å². The van der Waals surface area contributed by atoms with Crippen LogP contribution in [-0.2, 0) is 22.7 Å². The lowest BCUT2D eigenvalue weighted by Gasteiger charge is -2.34. The number of piperazine rings is 2. The molecule has 3 N–H and O–H groups in total. The Hall–Kier alpha value is -9.00. The number of rotatable bonds is 12. The molecule has 24 heteroatoms. The maximum Gasteiger partial charge on any atom is 0.440 e. The minimum Gasteiger partial charge on any atom is -0.454 e. The Morgan fingerprint density at radius 2 is 1.09 bits per heavy atom. The van der Waals surface area contributed by atoms with Crippen molar-refractivity contribution in [2.45, 2.75) is 40.8 Å². The van der Waals surface area contributed by atoms with E-state index in [1.165, 1.54) is 78.8 Å². The summed E-state index contributed by atoms with van der Waals surface area (Å²) in [5.74, 6) is 3.10. The smallest absolute Gasteiger partial charge is 0.440 e. The van der Waals surface area contributed by atoms with E-state index >= 15 is 0 Å². The summed E-state index contributed by atoms with van der Waals surface area (Å²) in [5, 5.41) is 26.8. The van der Waals surface area contributed by atoms with Crippen LogP contribution in [0.15, 0.2) is 123 Å². The van der Waals surface area contributed by atoms with Crippen molar-refractivity contribution in [3.63, 3.8) is 0 Å². The standard InChI is InChI=1S/C22H25N7O3.C16H20N4O.C12H10N4O5/c1-16-3-4-18(20(11-16)32-19-12-23-15-24-13-19)14-27-7-9-28(10-8-27)22(31)29-6-5-21(26-29)25-17(2)30;1-13-2-3-14(11-20-6-4-17-5-7-20)16(8-13)21-15-9-18-12-19-10-15;1-8(17)13-11-6-7-15(14-11)12(18)21-10-4-2-9(3-5-10)16(19)20/h3-6,11-13,15H,7-10,14H2,1-2H3,(H,25,26,30);2-3,8-10,12,17H,4-7,11H2,1H3;2-7H,1H3,(H,13,14,17). The van der Waals surface area contributed by atoms with Crippen molar-refractivity contribution in [2.24, 2.45) is 0 Å². The van der Waals surface area contributed by atoms with Gasteiger partial charge in [-0.15, -0.1) is 10.2 Å². The normalized spacial score (nSPS) is 13.5. The fourth-order valence-corrected chi connectivity index (χ4v) is 7.43. The molecule has 2 saturated heterocycles. The monoisotopic (exact) mass is 1010 g/mol. The number of benzene rings is 3. The minimum absolute atomic E-state index is 0.109. The van der Waals surface area contributed by atoms with E-state index in [2.05, 4.69) is 93.1 Å². The van der Waals surface area contributed by atoms with Crippen LogP contribution in [-0.4, -0.2) is 135 Å². The number of aryl methyl sites for hydroxylation is 2. The molecule has 2 fully saturated rings. The largest absolute Gasteiger partial charge is 0.454 e. The number of carbonyl (C=O) groups is 4. The quantitative estimate of drug-likeness (QED) is 0.0895. The fourth-order valence-electron chi connectivity index (χ4n) is 7.43. The van der Waals surface area contributed by atoms with Gasteiger partial charge >= 0.3 is 12.1 Å². The van der Waals surface area contributed by atoms with Crippen LogP contribution < -0.4 is 30.2 Å². The summed E-state index contributed by atoms with van der Waals surface area (Å²) in [5.41, 5.74) is 4.44. The average molecular weight is 1010 g/mol. The number of non-ortho nitro benzene ring substituents is 1. The first-order valence-electron chi connectivity index (χ1n) is 23.4. The van der Waals surface area contributed by atoms with Crippen molar-refractivity contribution >= 4 is 41.3 Å². The lowest BCUT2D eigenvalue weighted by molar-refractivity contribution is -0.384. The Morgan fingerprint density at radius 1 is 0.622 bits per heavy atom. The van der Waals surface area contributed by atoms with Gasteiger partial charge in [-0.2, -0.15) is 9.36 Å². The molecule has 0 saturated carbocycles. The Morgan fingerprint density at radius 3 is 1.58 bits per heavy atom. The fraction of sp³-hybridized carbons (Fsp3) is 0.280. The molecule has 9 rings (SSSR count). The second kappa shape index (κ2) is 25.9. The molecule has 0 atom stereocenters. The molecule has 0 unspecified atom stereocenters. The summed E-state index contributed by atoms with van der Waals surface area (Å²) >= 11 is 0. The number of amides is 3. The average Bonchev–Trinajstić information content (AvgIpc) is 4.07. The Bertz CT molecular complexity index is 3000. The van der Waals surface area contributed by atoms with E-state index in [0.29, 0.717) is 37.0 Å².